The molecule has 1 saturated heterocycles. The number of hydrogen-bond acceptors (Lipinski definition) is 4. The number of carbonyl (C=O) groups is 2. The second-order valence-electron chi connectivity index (χ2n) is 9.73. The number of rotatable bonds is 10. The van der Waals surface area contributed by atoms with Crippen LogP contribution >= 0.6 is 0 Å². The van der Waals surface area contributed by atoms with Crippen molar-refractivity contribution in [1.29, 1.82) is 0 Å². The van der Waals surface area contributed by atoms with Crippen LogP contribution in [0.2, 0.25) is 0 Å². The van der Waals surface area contributed by atoms with E-state index in [0.717, 1.165) is 23.3 Å². The minimum absolute atomic E-state index is 0.0667. The number of benzene rings is 3. The number of amides is 1. The molecule has 1 aliphatic rings. The predicted molar refractivity (Wildman–Crippen MR) is 139 cm³/mol. The van der Waals surface area contributed by atoms with E-state index >= 15 is 0 Å². The summed E-state index contributed by atoms with van der Waals surface area (Å²) in [5.41, 5.74) is 2.04. The van der Waals surface area contributed by atoms with Gasteiger partial charge in [-0.25, -0.2) is 8.78 Å². The molecular formula is C30H29F5N2O3. The van der Waals surface area contributed by atoms with Crippen molar-refractivity contribution in [3.63, 3.8) is 0 Å². The Labute approximate surface area is 229 Å². The van der Waals surface area contributed by atoms with Crippen molar-refractivity contribution in [2.45, 2.75) is 31.5 Å². The van der Waals surface area contributed by atoms with E-state index in [1.807, 2.05) is 4.90 Å². The Morgan fingerprint density at radius 1 is 0.775 bits per heavy atom. The number of halogens is 5. The maximum atomic E-state index is 13.4. The Kier molecular flexibility index (Phi) is 9.52. The van der Waals surface area contributed by atoms with E-state index in [0.29, 0.717) is 45.4 Å². The van der Waals surface area contributed by atoms with Crippen LogP contribution in [0.3, 0.4) is 0 Å². The lowest BCUT2D eigenvalue weighted by Gasteiger charge is -2.34. The maximum Gasteiger partial charge on any atom is 0.573 e. The molecule has 1 fully saturated rings. The van der Waals surface area contributed by atoms with Gasteiger partial charge in [-0.15, -0.1) is 13.2 Å². The lowest BCUT2D eigenvalue weighted by Crippen LogP contribution is -2.49. The first-order valence-corrected chi connectivity index (χ1v) is 13.0. The van der Waals surface area contributed by atoms with Crippen molar-refractivity contribution in [2.75, 3.05) is 32.7 Å². The zero-order chi connectivity index (χ0) is 28.7. The molecular weight excluding hydrogens is 531 g/mol. The van der Waals surface area contributed by atoms with Gasteiger partial charge in [-0.2, -0.15) is 0 Å². The third-order valence-corrected chi connectivity index (χ3v) is 6.89. The number of ketones is 1. The molecule has 0 bridgehead atoms. The molecule has 40 heavy (non-hydrogen) atoms. The molecule has 0 aliphatic carbocycles. The number of carbonyl (C=O) groups excluding carboxylic acids is 2. The summed E-state index contributed by atoms with van der Waals surface area (Å²) < 4.78 is 67.7. The van der Waals surface area contributed by atoms with Gasteiger partial charge in [0.1, 0.15) is 23.2 Å². The summed E-state index contributed by atoms with van der Waals surface area (Å²) in [4.78, 5) is 29.0. The predicted octanol–water partition coefficient (Wildman–Crippen LogP) is 6.19. The van der Waals surface area contributed by atoms with Crippen LogP contribution in [-0.2, 0) is 4.79 Å². The highest BCUT2D eigenvalue weighted by Gasteiger charge is 2.31. The summed E-state index contributed by atoms with van der Waals surface area (Å²) >= 11 is 0. The molecule has 0 spiro atoms. The summed E-state index contributed by atoms with van der Waals surface area (Å²) in [6.07, 6.45) is -3.21. The summed E-state index contributed by atoms with van der Waals surface area (Å²) in [5, 5.41) is 0. The second-order valence-corrected chi connectivity index (χ2v) is 9.73. The molecule has 0 atom stereocenters. The van der Waals surface area contributed by atoms with Gasteiger partial charge < -0.3 is 9.64 Å². The number of ether oxygens (including phenoxy) is 1. The average Bonchev–Trinajstić information content (AvgIpc) is 2.92. The van der Waals surface area contributed by atoms with Gasteiger partial charge in [-0.1, -0.05) is 24.3 Å². The van der Waals surface area contributed by atoms with Crippen LogP contribution < -0.4 is 4.74 Å². The third kappa shape index (κ3) is 8.35. The molecule has 0 radical (unpaired) electrons. The normalized spacial score (nSPS) is 14.4. The molecule has 1 aliphatic heterocycles. The topological polar surface area (TPSA) is 49.9 Å². The average molecular weight is 561 g/mol. The van der Waals surface area contributed by atoms with Crippen molar-refractivity contribution in [3.8, 4) is 5.75 Å². The van der Waals surface area contributed by atoms with Crippen LogP contribution in [0.5, 0.6) is 5.75 Å². The van der Waals surface area contributed by atoms with Gasteiger partial charge in [0, 0.05) is 44.1 Å². The Hall–Kier alpha value is -3.79. The zero-order valence-corrected chi connectivity index (χ0v) is 21.7. The fourth-order valence-corrected chi connectivity index (χ4v) is 4.84. The summed E-state index contributed by atoms with van der Waals surface area (Å²) in [7, 11) is 0. The van der Waals surface area contributed by atoms with Crippen molar-refractivity contribution >= 4 is 11.7 Å². The Bertz CT molecular complexity index is 1230. The molecule has 0 saturated carbocycles. The molecule has 5 nitrogen and oxygen atoms in total. The molecule has 3 aromatic rings. The molecule has 10 heteroatoms. The lowest BCUT2D eigenvalue weighted by atomic mass is 9.86. The van der Waals surface area contributed by atoms with Gasteiger partial charge in [0.2, 0.25) is 0 Å². The van der Waals surface area contributed by atoms with Crippen LogP contribution in [0.15, 0.2) is 72.8 Å². The third-order valence-electron chi connectivity index (χ3n) is 6.89. The van der Waals surface area contributed by atoms with Crippen molar-refractivity contribution in [2.24, 2.45) is 0 Å². The highest BCUT2D eigenvalue weighted by Crippen LogP contribution is 2.30. The quantitative estimate of drug-likeness (QED) is 0.278. The summed E-state index contributed by atoms with van der Waals surface area (Å²) in [6.45, 7) is 2.04. The minimum atomic E-state index is -4.80. The van der Waals surface area contributed by atoms with Crippen LogP contribution in [0.1, 0.15) is 46.7 Å². The van der Waals surface area contributed by atoms with Gasteiger partial charge >= 0.3 is 6.36 Å². The van der Waals surface area contributed by atoms with E-state index < -0.39 is 12.1 Å². The molecule has 0 unspecified atom stereocenters. The van der Waals surface area contributed by atoms with E-state index in [-0.39, 0.29) is 41.4 Å². The van der Waals surface area contributed by atoms with Crippen molar-refractivity contribution in [1.82, 2.24) is 9.80 Å². The van der Waals surface area contributed by atoms with E-state index in [4.69, 9.17) is 0 Å². The first-order chi connectivity index (χ1) is 19.1. The van der Waals surface area contributed by atoms with Crippen LogP contribution in [0.25, 0.3) is 0 Å². The first kappa shape index (κ1) is 29.2. The number of Topliss-reactive ketones (excluding diaryl/α,β-unsaturated/α-hetero) is 1. The first-order valence-electron chi connectivity index (χ1n) is 13.0. The standard InChI is InChI=1S/C30H29F5N2O3/c31-24-10-4-21(5-11-24)28(22-6-12-25(32)13-7-22)3-1-2-26(38)20-36-16-18-37(19-17-36)29(39)23-8-14-27(15-9-23)40-30(33,34)35/h4-15,28H,1-3,16-20H2. The summed E-state index contributed by atoms with van der Waals surface area (Å²) in [6, 6.07) is 17.2. The van der Waals surface area contributed by atoms with Crippen molar-refractivity contribution in [3.05, 3.63) is 101 Å². The molecule has 1 amide bonds. The largest absolute Gasteiger partial charge is 0.573 e. The van der Waals surface area contributed by atoms with E-state index in [1.165, 1.54) is 36.4 Å². The van der Waals surface area contributed by atoms with E-state index in [2.05, 4.69) is 4.74 Å². The van der Waals surface area contributed by atoms with Crippen molar-refractivity contribution < 1.29 is 36.3 Å². The molecule has 212 valence electrons. The van der Waals surface area contributed by atoms with Crippen LogP contribution in [-0.4, -0.2) is 60.6 Å². The molecule has 1 heterocycles. The lowest BCUT2D eigenvalue weighted by molar-refractivity contribution is -0.274. The number of hydrogen-bond donors (Lipinski definition) is 0. The van der Waals surface area contributed by atoms with Gasteiger partial charge in [0.15, 0.2) is 0 Å². The fraction of sp³-hybridized carbons (Fsp3) is 0.333. The number of nitrogens with zero attached hydrogens (tertiary/aromatic N) is 2. The maximum absolute atomic E-state index is 13.4. The fourth-order valence-electron chi connectivity index (χ4n) is 4.84. The van der Waals surface area contributed by atoms with Crippen LogP contribution in [0, 0.1) is 11.6 Å². The Balaban J connectivity index is 1.24. The SMILES string of the molecule is O=C(CCCC(c1ccc(F)cc1)c1ccc(F)cc1)CN1CCN(C(=O)c2ccc(OC(F)(F)F)cc2)CC1. The zero-order valence-electron chi connectivity index (χ0n) is 21.7. The van der Waals surface area contributed by atoms with Gasteiger partial charge in [-0.3, -0.25) is 14.5 Å². The number of alkyl halides is 3. The molecule has 0 N–H and O–H groups in total. The highest BCUT2D eigenvalue weighted by molar-refractivity contribution is 5.94. The van der Waals surface area contributed by atoms with Gasteiger partial charge in [-0.05, 0) is 72.5 Å². The Morgan fingerprint density at radius 3 is 1.80 bits per heavy atom. The van der Waals surface area contributed by atoms with Crippen LogP contribution in [0.4, 0.5) is 22.0 Å². The van der Waals surface area contributed by atoms with E-state index in [1.54, 1.807) is 29.2 Å². The molecule has 4 rings (SSSR count). The van der Waals surface area contributed by atoms with E-state index in [9.17, 15) is 31.5 Å². The van der Waals surface area contributed by atoms with Gasteiger partial charge in [0.25, 0.3) is 5.91 Å². The molecule has 0 aromatic heterocycles. The highest BCUT2D eigenvalue weighted by atomic mass is 19.4. The monoisotopic (exact) mass is 560 g/mol. The smallest absolute Gasteiger partial charge is 0.406 e. The summed E-state index contributed by atoms with van der Waals surface area (Å²) in [5.74, 6) is -1.40. The number of piperazine rings is 1. The van der Waals surface area contributed by atoms with Gasteiger partial charge in [0.05, 0.1) is 6.54 Å². The minimum Gasteiger partial charge on any atom is -0.406 e. The second kappa shape index (κ2) is 13.0. The Morgan fingerprint density at radius 2 is 1.30 bits per heavy atom. The molecule has 3 aromatic carbocycles.